The van der Waals surface area contributed by atoms with Crippen LogP contribution >= 0.6 is 0 Å². The van der Waals surface area contributed by atoms with Crippen LogP contribution in [0.5, 0.6) is 0 Å². The second-order valence-corrected chi connectivity index (χ2v) is 6.19. The lowest BCUT2D eigenvalue weighted by Gasteiger charge is -2.28. The molecule has 2 atom stereocenters. The third kappa shape index (κ3) is 2.88. The van der Waals surface area contributed by atoms with E-state index in [2.05, 4.69) is 4.72 Å². The van der Waals surface area contributed by atoms with E-state index >= 15 is 0 Å². The predicted molar refractivity (Wildman–Crippen MR) is 65.0 cm³/mol. The molecule has 0 heterocycles. The van der Waals surface area contributed by atoms with Crippen LogP contribution in [0.25, 0.3) is 0 Å². The maximum Gasteiger partial charge on any atom is 0.243 e. The van der Waals surface area contributed by atoms with Crippen LogP contribution in [0.3, 0.4) is 0 Å². The van der Waals surface area contributed by atoms with E-state index in [0.717, 1.165) is 18.9 Å². The molecule has 1 aliphatic carbocycles. The molecule has 4 nitrogen and oxygen atoms in total. The maximum atomic E-state index is 13.5. The van der Waals surface area contributed by atoms with Gasteiger partial charge in [-0.15, -0.1) is 0 Å². The van der Waals surface area contributed by atoms with E-state index in [-0.39, 0.29) is 4.90 Å². The Morgan fingerprint density at radius 1 is 1.22 bits per heavy atom. The number of nitrogens with one attached hydrogen (secondary N) is 1. The van der Waals surface area contributed by atoms with E-state index in [4.69, 9.17) is 0 Å². The van der Waals surface area contributed by atoms with Gasteiger partial charge in [-0.1, -0.05) is 25.0 Å². The average Bonchev–Trinajstić information content (AvgIpc) is 2.32. The summed E-state index contributed by atoms with van der Waals surface area (Å²) in [5.74, 6) is -0.782. The summed E-state index contributed by atoms with van der Waals surface area (Å²) < 4.78 is 39.8. The first-order valence-corrected chi connectivity index (χ1v) is 7.44. The first-order chi connectivity index (χ1) is 8.50. The predicted octanol–water partition coefficient (Wildman–Crippen LogP) is 1.41. The smallest absolute Gasteiger partial charge is 0.243 e. The van der Waals surface area contributed by atoms with Crippen molar-refractivity contribution in [2.45, 2.75) is 42.7 Å². The first-order valence-electron chi connectivity index (χ1n) is 5.95. The van der Waals surface area contributed by atoms with E-state index in [1.165, 1.54) is 18.2 Å². The Bertz CT molecular complexity index is 518. The van der Waals surface area contributed by atoms with Gasteiger partial charge >= 0.3 is 0 Å². The van der Waals surface area contributed by atoms with Gasteiger partial charge < -0.3 is 5.11 Å². The van der Waals surface area contributed by atoms with Crippen molar-refractivity contribution in [1.82, 2.24) is 4.72 Å². The Morgan fingerprint density at radius 3 is 2.56 bits per heavy atom. The van der Waals surface area contributed by atoms with Gasteiger partial charge in [0.15, 0.2) is 0 Å². The summed E-state index contributed by atoms with van der Waals surface area (Å²) in [6.07, 6.45) is 2.21. The fourth-order valence-corrected chi connectivity index (χ4v) is 3.56. The summed E-state index contributed by atoms with van der Waals surface area (Å²) >= 11 is 0. The second-order valence-electron chi connectivity index (χ2n) is 4.51. The van der Waals surface area contributed by atoms with Crippen molar-refractivity contribution in [2.75, 3.05) is 0 Å². The third-order valence-electron chi connectivity index (χ3n) is 3.16. The number of halogens is 1. The average molecular weight is 273 g/mol. The van der Waals surface area contributed by atoms with Crippen molar-refractivity contribution < 1.29 is 17.9 Å². The molecule has 2 N–H and O–H groups in total. The van der Waals surface area contributed by atoms with Crippen LogP contribution in [0.4, 0.5) is 4.39 Å². The fraction of sp³-hybridized carbons (Fsp3) is 0.500. The number of benzene rings is 1. The molecule has 6 heteroatoms. The highest BCUT2D eigenvalue weighted by Gasteiger charge is 2.29. The maximum absolute atomic E-state index is 13.5. The molecule has 1 aliphatic rings. The van der Waals surface area contributed by atoms with E-state index < -0.39 is 28.0 Å². The normalized spacial score (nSPS) is 25.0. The molecule has 1 fully saturated rings. The number of aliphatic hydroxyl groups excluding tert-OH is 1. The summed E-state index contributed by atoms with van der Waals surface area (Å²) in [7, 11) is -3.91. The molecule has 1 aromatic carbocycles. The van der Waals surface area contributed by atoms with Gasteiger partial charge in [0.1, 0.15) is 10.7 Å². The molecule has 0 aromatic heterocycles. The summed E-state index contributed by atoms with van der Waals surface area (Å²) in [5, 5.41) is 9.73. The molecular weight excluding hydrogens is 257 g/mol. The highest BCUT2D eigenvalue weighted by Crippen LogP contribution is 2.21. The van der Waals surface area contributed by atoms with Crippen molar-refractivity contribution in [1.29, 1.82) is 0 Å². The zero-order valence-electron chi connectivity index (χ0n) is 9.84. The van der Waals surface area contributed by atoms with Gasteiger partial charge in [0.05, 0.1) is 6.10 Å². The van der Waals surface area contributed by atoms with E-state index in [1.807, 2.05) is 0 Å². The number of aliphatic hydroxyl groups is 1. The van der Waals surface area contributed by atoms with Crippen LogP contribution in [0.15, 0.2) is 29.2 Å². The minimum Gasteiger partial charge on any atom is -0.391 e. The Morgan fingerprint density at radius 2 is 1.89 bits per heavy atom. The van der Waals surface area contributed by atoms with Gasteiger partial charge in [-0.25, -0.2) is 17.5 Å². The molecule has 1 aromatic rings. The molecule has 0 bridgehead atoms. The van der Waals surface area contributed by atoms with Crippen molar-refractivity contribution in [2.24, 2.45) is 0 Å². The van der Waals surface area contributed by atoms with Crippen LogP contribution in [-0.2, 0) is 10.0 Å². The number of hydrogen-bond donors (Lipinski definition) is 2. The Balaban J connectivity index is 2.19. The highest BCUT2D eigenvalue weighted by molar-refractivity contribution is 7.89. The first kappa shape index (κ1) is 13.5. The van der Waals surface area contributed by atoms with Gasteiger partial charge in [-0.3, -0.25) is 0 Å². The standard InChI is InChI=1S/C12H16FNO3S/c13-9-5-1-4-8-12(9)18(16,17)14-10-6-2-3-7-11(10)15/h1,4-5,8,10-11,14-15H,2-3,6-7H2/t10-,11-/m0/s1. The molecule has 0 saturated heterocycles. The van der Waals surface area contributed by atoms with Crippen molar-refractivity contribution in [3.8, 4) is 0 Å². The summed E-state index contributed by atoms with van der Waals surface area (Å²) in [5.41, 5.74) is 0. The summed E-state index contributed by atoms with van der Waals surface area (Å²) in [6.45, 7) is 0. The van der Waals surface area contributed by atoms with Gasteiger partial charge in [-0.05, 0) is 25.0 Å². The molecular formula is C12H16FNO3S. The lowest BCUT2D eigenvalue weighted by Crippen LogP contribution is -2.45. The van der Waals surface area contributed by atoms with Crippen LogP contribution in [0, 0.1) is 5.82 Å². The molecule has 0 unspecified atom stereocenters. The molecule has 18 heavy (non-hydrogen) atoms. The molecule has 100 valence electrons. The zero-order chi connectivity index (χ0) is 13.2. The van der Waals surface area contributed by atoms with Gasteiger partial charge in [0.25, 0.3) is 0 Å². The molecule has 0 spiro atoms. The SMILES string of the molecule is O=S(=O)(N[C@H]1CCCC[C@@H]1O)c1ccccc1F. The van der Waals surface area contributed by atoms with Crippen molar-refractivity contribution in [3.05, 3.63) is 30.1 Å². The number of sulfonamides is 1. The largest absolute Gasteiger partial charge is 0.391 e. The third-order valence-corrected chi connectivity index (χ3v) is 4.69. The summed E-state index contributed by atoms with van der Waals surface area (Å²) in [6, 6.07) is 4.70. The highest BCUT2D eigenvalue weighted by atomic mass is 32.2. The van der Waals surface area contributed by atoms with Crippen molar-refractivity contribution >= 4 is 10.0 Å². The molecule has 0 aliphatic heterocycles. The monoisotopic (exact) mass is 273 g/mol. The molecule has 2 rings (SSSR count). The Labute approximate surface area is 106 Å². The zero-order valence-corrected chi connectivity index (χ0v) is 10.7. The quantitative estimate of drug-likeness (QED) is 0.875. The van der Waals surface area contributed by atoms with Crippen LogP contribution in [-0.4, -0.2) is 25.7 Å². The van der Waals surface area contributed by atoms with Crippen LogP contribution in [0.2, 0.25) is 0 Å². The van der Waals surface area contributed by atoms with E-state index in [9.17, 15) is 17.9 Å². The molecule has 0 amide bonds. The number of hydrogen-bond acceptors (Lipinski definition) is 3. The van der Waals surface area contributed by atoms with E-state index in [0.29, 0.717) is 12.8 Å². The lowest BCUT2D eigenvalue weighted by molar-refractivity contribution is 0.101. The lowest BCUT2D eigenvalue weighted by atomic mass is 9.93. The molecule has 1 saturated carbocycles. The fourth-order valence-electron chi connectivity index (χ4n) is 2.17. The van der Waals surface area contributed by atoms with Gasteiger partial charge in [-0.2, -0.15) is 0 Å². The minimum absolute atomic E-state index is 0.372. The van der Waals surface area contributed by atoms with E-state index in [1.54, 1.807) is 0 Å². The topological polar surface area (TPSA) is 66.4 Å². The minimum atomic E-state index is -3.91. The second kappa shape index (κ2) is 5.34. The molecule has 0 radical (unpaired) electrons. The number of rotatable bonds is 3. The van der Waals surface area contributed by atoms with Crippen LogP contribution in [0.1, 0.15) is 25.7 Å². The van der Waals surface area contributed by atoms with Crippen molar-refractivity contribution in [3.63, 3.8) is 0 Å². The summed E-state index contributed by atoms with van der Waals surface area (Å²) in [4.78, 5) is -0.372. The Kier molecular flexibility index (Phi) is 3.99. The van der Waals surface area contributed by atoms with Crippen LogP contribution < -0.4 is 4.72 Å². The van der Waals surface area contributed by atoms with Gasteiger partial charge in [0, 0.05) is 6.04 Å². The Hall–Kier alpha value is -0.980. The van der Waals surface area contributed by atoms with Gasteiger partial charge in [0.2, 0.25) is 10.0 Å².